The van der Waals surface area contributed by atoms with Crippen molar-refractivity contribution in [2.75, 3.05) is 31.5 Å². The number of carboxylic acid groups (broad SMARTS) is 1. The number of amides is 2. The zero-order chi connectivity index (χ0) is 26.0. The molecule has 2 aromatic rings. The van der Waals surface area contributed by atoms with Crippen LogP contribution >= 0.6 is 46.6 Å². The summed E-state index contributed by atoms with van der Waals surface area (Å²) >= 11 is 4.33. The fraction of sp³-hybridized carbons (Fsp3) is 0.353. The van der Waals surface area contributed by atoms with Gasteiger partial charge in [0.25, 0.3) is 17.6 Å². The van der Waals surface area contributed by atoms with Gasteiger partial charge in [-0.05, 0) is 17.1 Å². The summed E-state index contributed by atoms with van der Waals surface area (Å²) in [5.41, 5.74) is 5.63. The monoisotopic (exact) mass is 572 g/mol. The van der Waals surface area contributed by atoms with Gasteiger partial charge in [-0.25, -0.2) is 14.6 Å². The predicted octanol–water partition coefficient (Wildman–Crippen LogP) is -0.360. The van der Waals surface area contributed by atoms with E-state index in [0.29, 0.717) is 15.7 Å². The third-order valence-corrected chi connectivity index (χ3v) is 8.53. The van der Waals surface area contributed by atoms with Crippen LogP contribution in [0.4, 0.5) is 5.13 Å². The maximum atomic E-state index is 12.9. The van der Waals surface area contributed by atoms with Gasteiger partial charge in [0.1, 0.15) is 24.2 Å². The molecule has 4 rings (SSSR count). The maximum Gasteiger partial charge on any atom is 0.377 e. The largest absolute Gasteiger partial charge is 0.477 e. The van der Waals surface area contributed by atoms with Crippen molar-refractivity contribution in [2.45, 2.75) is 15.8 Å². The summed E-state index contributed by atoms with van der Waals surface area (Å²) in [6.45, 7) is 0. The molecule has 2 aromatic heterocycles. The van der Waals surface area contributed by atoms with Gasteiger partial charge in [-0.15, -0.1) is 11.8 Å². The molecule has 15 nitrogen and oxygen atoms in total. The molecule has 2 aliphatic heterocycles. The van der Waals surface area contributed by atoms with Crippen LogP contribution in [0.15, 0.2) is 20.8 Å². The van der Waals surface area contributed by atoms with Crippen LogP contribution in [0.2, 0.25) is 0 Å². The normalized spacial score (nSPS) is 19.4. The Hall–Kier alpha value is -3.29. The molecule has 0 bridgehead atoms. The van der Waals surface area contributed by atoms with E-state index < -0.39 is 35.2 Å². The second kappa shape index (κ2) is 10.8. The van der Waals surface area contributed by atoms with Gasteiger partial charge in [0.15, 0.2) is 9.47 Å². The lowest BCUT2D eigenvalue weighted by Crippen LogP contribution is -2.71. The highest BCUT2D eigenvalue weighted by Gasteiger charge is 2.54. The molecule has 0 aliphatic carbocycles. The third kappa shape index (κ3) is 4.99. The van der Waals surface area contributed by atoms with E-state index in [1.165, 1.54) is 37.7 Å². The molecule has 190 valence electrons. The molecule has 1 unspecified atom stereocenters. The van der Waals surface area contributed by atoms with Crippen molar-refractivity contribution in [2.24, 2.45) is 5.16 Å². The van der Waals surface area contributed by atoms with E-state index in [9.17, 15) is 24.3 Å². The standard InChI is InChI=1S/C17H16N8O7S4/c1-31-15(30)10-21-17(36-24-10)34-4-5-3-33-13-7(12(27)25(13)8(5)14(28)29)19-11(26)6(22-32-2)9-20-16(18)35-23-9/h7,13H,3-4H2,1-2H3,(H,19,26)(H,28,29)(H2,18,20,23)/b22-6+/t7?,13-/m1/s1. The number of nitrogens with two attached hydrogens (primary N) is 1. The number of anilines is 1. The number of aliphatic carboxylic acids is 1. The van der Waals surface area contributed by atoms with Gasteiger partial charge in [-0.3, -0.25) is 14.5 Å². The number of hydrogen-bond acceptors (Lipinski definition) is 16. The summed E-state index contributed by atoms with van der Waals surface area (Å²) in [5, 5.41) is 15.5. The molecular weight excluding hydrogens is 557 g/mol. The molecule has 2 aliphatic rings. The Morgan fingerprint density at radius 3 is 2.64 bits per heavy atom. The molecule has 4 N–H and O–H groups in total. The molecule has 2 atom stereocenters. The summed E-state index contributed by atoms with van der Waals surface area (Å²) < 4.78 is 12.8. The van der Waals surface area contributed by atoms with E-state index in [0.717, 1.165) is 28.0 Å². The summed E-state index contributed by atoms with van der Waals surface area (Å²) in [6, 6.07) is -0.991. The number of fused-ring (bicyclic) bond motifs is 1. The Kier molecular flexibility index (Phi) is 7.71. The molecule has 1 saturated heterocycles. The Morgan fingerprint density at radius 1 is 1.25 bits per heavy atom. The van der Waals surface area contributed by atoms with Gasteiger partial charge in [0, 0.05) is 23.0 Å². The first kappa shape index (κ1) is 25.8. The number of rotatable bonds is 9. The number of oxime groups is 1. The van der Waals surface area contributed by atoms with Crippen molar-refractivity contribution >= 4 is 81.2 Å². The molecule has 2 amide bonds. The Morgan fingerprint density at radius 2 is 2.00 bits per heavy atom. The Balaban J connectivity index is 1.47. The van der Waals surface area contributed by atoms with E-state index in [2.05, 4.69) is 33.9 Å². The minimum absolute atomic E-state index is 0.0609. The lowest BCUT2D eigenvalue weighted by atomic mass is 10.0. The van der Waals surface area contributed by atoms with Crippen molar-refractivity contribution in [3.8, 4) is 0 Å². The maximum absolute atomic E-state index is 12.9. The first-order chi connectivity index (χ1) is 17.2. The fourth-order valence-electron chi connectivity index (χ4n) is 3.20. The van der Waals surface area contributed by atoms with Gasteiger partial charge < -0.3 is 25.7 Å². The van der Waals surface area contributed by atoms with Crippen LogP contribution in [0.25, 0.3) is 0 Å². The van der Waals surface area contributed by atoms with Gasteiger partial charge in [-0.2, -0.15) is 13.7 Å². The highest BCUT2D eigenvalue weighted by molar-refractivity contribution is 8.01. The summed E-state index contributed by atoms with van der Waals surface area (Å²) in [4.78, 5) is 63.0. The second-order valence-corrected chi connectivity index (χ2v) is 10.7. The van der Waals surface area contributed by atoms with E-state index in [1.807, 2.05) is 0 Å². The predicted molar refractivity (Wildman–Crippen MR) is 130 cm³/mol. The van der Waals surface area contributed by atoms with Crippen molar-refractivity contribution in [1.29, 1.82) is 0 Å². The number of β-lactam (4-membered cyclic amide) rings is 1. The van der Waals surface area contributed by atoms with Crippen LogP contribution < -0.4 is 11.1 Å². The number of esters is 1. The van der Waals surface area contributed by atoms with Crippen LogP contribution in [0.3, 0.4) is 0 Å². The molecule has 19 heteroatoms. The quantitative estimate of drug-likeness (QED) is 0.115. The molecule has 1 fully saturated rings. The van der Waals surface area contributed by atoms with E-state index >= 15 is 0 Å². The van der Waals surface area contributed by atoms with Gasteiger partial charge in [0.2, 0.25) is 11.5 Å². The minimum Gasteiger partial charge on any atom is -0.477 e. The fourth-order valence-corrected chi connectivity index (χ4v) is 6.71. The van der Waals surface area contributed by atoms with Crippen molar-refractivity contribution in [3.63, 3.8) is 0 Å². The van der Waals surface area contributed by atoms with Crippen LogP contribution in [-0.2, 0) is 24.0 Å². The van der Waals surface area contributed by atoms with Crippen LogP contribution in [-0.4, -0.2) is 95.3 Å². The lowest BCUT2D eigenvalue weighted by Gasteiger charge is -2.49. The first-order valence-corrected chi connectivity index (χ1v) is 13.3. The molecule has 4 heterocycles. The van der Waals surface area contributed by atoms with Crippen molar-refractivity contribution < 1.29 is 33.9 Å². The molecule has 0 spiro atoms. The SMILES string of the molecule is CO/N=C(/C(=O)NC1C(=O)N2C(C(=O)O)=C(CSc3nc(C(=O)OC)ns3)CS[C@H]12)c1nsc(N)n1. The smallest absolute Gasteiger partial charge is 0.377 e. The topological polar surface area (TPSA) is 212 Å². The van der Waals surface area contributed by atoms with Gasteiger partial charge in [-0.1, -0.05) is 16.9 Å². The number of carbonyl (C=O) groups excluding carboxylic acids is 3. The molecule has 36 heavy (non-hydrogen) atoms. The van der Waals surface area contributed by atoms with Gasteiger partial charge in [0.05, 0.1) is 7.11 Å². The number of nitrogens with one attached hydrogen (secondary N) is 1. The van der Waals surface area contributed by atoms with Gasteiger partial charge >= 0.3 is 11.9 Å². The minimum atomic E-state index is -1.27. The number of thioether (sulfide) groups is 2. The number of aromatic nitrogens is 4. The average Bonchev–Trinajstić information content (AvgIpc) is 3.52. The average molecular weight is 573 g/mol. The van der Waals surface area contributed by atoms with Crippen molar-refractivity contribution in [3.05, 3.63) is 22.9 Å². The summed E-state index contributed by atoms with van der Waals surface area (Å²) in [5.74, 6) is -2.95. The third-order valence-electron chi connectivity index (χ3n) is 4.73. The zero-order valence-electron chi connectivity index (χ0n) is 18.4. The Bertz CT molecular complexity index is 1290. The Labute approximate surface area is 218 Å². The molecule has 0 aromatic carbocycles. The zero-order valence-corrected chi connectivity index (χ0v) is 21.6. The lowest BCUT2D eigenvalue weighted by molar-refractivity contribution is -0.150. The highest BCUT2D eigenvalue weighted by atomic mass is 32.2. The van der Waals surface area contributed by atoms with Crippen LogP contribution in [0.5, 0.6) is 0 Å². The number of ether oxygens (including phenoxy) is 1. The molecule has 0 saturated carbocycles. The van der Waals surface area contributed by atoms with E-state index in [-0.39, 0.29) is 33.9 Å². The number of nitrogen functional groups attached to an aromatic ring is 1. The first-order valence-electron chi connectivity index (χ1n) is 9.71. The summed E-state index contributed by atoms with van der Waals surface area (Å²) in [6.07, 6.45) is 0. The van der Waals surface area contributed by atoms with Crippen LogP contribution in [0, 0.1) is 0 Å². The molecule has 0 radical (unpaired) electrons. The summed E-state index contributed by atoms with van der Waals surface area (Å²) in [7, 11) is 2.45. The van der Waals surface area contributed by atoms with E-state index in [1.54, 1.807) is 0 Å². The van der Waals surface area contributed by atoms with E-state index in [4.69, 9.17) is 10.6 Å². The van der Waals surface area contributed by atoms with Crippen LogP contribution in [0.1, 0.15) is 16.4 Å². The van der Waals surface area contributed by atoms with Crippen molar-refractivity contribution in [1.82, 2.24) is 28.9 Å². The number of nitrogens with zero attached hydrogens (tertiary/aromatic N) is 6. The highest BCUT2D eigenvalue weighted by Crippen LogP contribution is 2.41. The molecular formula is C17H16N8O7S4. The number of hydrogen-bond donors (Lipinski definition) is 3. The second-order valence-electron chi connectivity index (χ2n) is 6.86. The number of methoxy groups -OCH3 is 1. The number of carboxylic acids is 1. The number of carbonyl (C=O) groups is 4.